The van der Waals surface area contributed by atoms with Crippen LogP contribution in [0.15, 0.2) is 0 Å². The van der Waals surface area contributed by atoms with Gasteiger partial charge in [0.25, 0.3) is 0 Å². The highest BCUT2D eigenvalue weighted by atomic mass is 32.2. The summed E-state index contributed by atoms with van der Waals surface area (Å²) in [5, 5.41) is 20.0. The molecule has 0 aromatic rings. The van der Waals surface area contributed by atoms with Crippen LogP contribution in [0.1, 0.15) is 46.0 Å². The van der Waals surface area contributed by atoms with Crippen LogP contribution in [0.5, 0.6) is 0 Å². The normalized spacial score (nSPS) is 19.3. The lowest BCUT2D eigenvalue weighted by atomic mass is 9.97. The zero-order valence-corrected chi connectivity index (χ0v) is 19.6. The molecule has 12 heteroatoms. The molecule has 11 nitrogen and oxygen atoms in total. The zero-order valence-electron chi connectivity index (χ0n) is 18.8. The van der Waals surface area contributed by atoms with Gasteiger partial charge in [0.2, 0.25) is 23.6 Å². The van der Waals surface area contributed by atoms with Gasteiger partial charge in [-0.2, -0.15) is 11.8 Å². The Bertz CT molecular complexity index is 685. The summed E-state index contributed by atoms with van der Waals surface area (Å²) in [5.41, 5.74) is 5.24. The number of rotatable bonds is 14. The third-order valence-electron chi connectivity index (χ3n) is 5.43. The Morgan fingerprint density at radius 2 is 1.78 bits per heavy atom. The molecule has 1 rings (SSSR count). The highest BCUT2D eigenvalue weighted by Crippen LogP contribution is 2.12. The molecular formula is C20H35N5O6S. The van der Waals surface area contributed by atoms with Crippen molar-refractivity contribution in [2.24, 2.45) is 11.7 Å². The second-order valence-electron chi connectivity index (χ2n) is 7.93. The molecule has 0 bridgehead atoms. The van der Waals surface area contributed by atoms with Crippen LogP contribution in [0.3, 0.4) is 0 Å². The summed E-state index contributed by atoms with van der Waals surface area (Å²) in [5.74, 6) is -3.55. The fourth-order valence-electron chi connectivity index (χ4n) is 3.30. The van der Waals surface area contributed by atoms with E-state index in [1.165, 1.54) is 11.8 Å². The lowest BCUT2D eigenvalue weighted by molar-refractivity contribution is -0.142. The average Bonchev–Trinajstić information content (AvgIpc) is 3.28. The van der Waals surface area contributed by atoms with Crippen LogP contribution in [0, 0.1) is 5.92 Å². The number of nitrogens with two attached hydrogens (primary N) is 1. The number of aliphatic carboxylic acids is 1. The van der Waals surface area contributed by atoms with Crippen LogP contribution in [-0.2, 0) is 24.0 Å². The van der Waals surface area contributed by atoms with Gasteiger partial charge < -0.3 is 32.1 Å². The summed E-state index contributed by atoms with van der Waals surface area (Å²) in [4.78, 5) is 61.1. The van der Waals surface area contributed by atoms with Crippen molar-refractivity contribution in [3.8, 4) is 0 Å². The number of hydrogen-bond acceptors (Lipinski definition) is 7. The molecule has 32 heavy (non-hydrogen) atoms. The van der Waals surface area contributed by atoms with Gasteiger partial charge in [0.15, 0.2) is 0 Å². The Labute approximate surface area is 192 Å². The number of nitrogens with one attached hydrogen (secondary N) is 4. The van der Waals surface area contributed by atoms with Gasteiger partial charge in [-0.25, -0.2) is 4.79 Å². The summed E-state index contributed by atoms with van der Waals surface area (Å²) in [6.45, 7) is 4.38. The molecule has 0 spiro atoms. The van der Waals surface area contributed by atoms with Gasteiger partial charge >= 0.3 is 5.97 Å². The second kappa shape index (κ2) is 13.9. The minimum atomic E-state index is -1.36. The number of carboxylic acid groups (broad SMARTS) is 1. The van der Waals surface area contributed by atoms with Gasteiger partial charge in [-0.1, -0.05) is 20.3 Å². The fourth-order valence-corrected chi connectivity index (χ4v) is 3.77. The van der Waals surface area contributed by atoms with Crippen molar-refractivity contribution in [3.05, 3.63) is 0 Å². The fraction of sp³-hybridized carbons (Fsp3) is 0.750. The minimum Gasteiger partial charge on any atom is -0.480 e. The van der Waals surface area contributed by atoms with Crippen molar-refractivity contribution in [1.82, 2.24) is 21.3 Å². The van der Waals surface area contributed by atoms with E-state index in [0.717, 1.165) is 13.0 Å². The van der Waals surface area contributed by atoms with Crippen LogP contribution in [0.2, 0.25) is 0 Å². The number of carbonyl (C=O) groups excluding carboxylic acids is 4. The Kier molecular flexibility index (Phi) is 12.1. The quantitative estimate of drug-likeness (QED) is 0.185. The lowest BCUT2D eigenvalue weighted by Gasteiger charge is -2.27. The molecule has 0 saturated carbocycles. The third kappa shape index (κ3) is 9.03. The standard InChI is InChI=1S/C20H35N5O6S/c1-4-11(2)16(25-17(27)12-6-5-8-22-12)19(29)24-14(10-15(21)26)18(28)23-13(20(30)31)7-9-32-3/h11-14,16,22H,4-10H2,1-3H3,(H2,21,26)(H,23,28)(H,24,29)(H,25,27)(H,30,31). The maximum absolute atomic E-state index is 13.0. The number of carbonyl (C=O) groups is 5. The predicted octanol–water partition coefficient (Wildman–Crippen LogP) is -1.05. The van der Waals surface area contributed by atoms with Crippen LogP contribution in [-0.4, -0.2) is 77.4 Å². The highest BCUT2D eigenvalue weighted by molar-refractivity contribution is 7.98. The largest absolute Gasteiger partial charge is 0.480 e. The van der Waals surface area contributed by atoms with Crippen molar-refractivity contribution in [1.29, 1.82) is 0 Å². The Morgan fingerprint density at radius 1 is 1.12 bits per heavy atom. The molecule has 7 N–H and O–H groups in total. The van der Waals surface area contributed by atoms with E-state index in [2.05, 4.69) is 21.3 Å². The van der Waals surface area contributed by atoms with Gasteiger partial charge in [-0.3, -0.25) is 19.2 Å². The summed E-state index contributed by atoms with van der Waals surface area (Å²) < 4.78 is 0. The molecule has 1 saturated heterocycles. The Hall–Kier alpha value is -2.34. The van der Waals surface area contributed by atoms with Gasteiger partial charge in [0.05, 0.1) is 12.5 Å². The molecule has 0 radical (unpaired) electrons. The molecule has 1 aliphatic heterocycles. The summed E-state index contributed by atoms with van der Waals surface area (Å²) in [6.07, 6.45) is 3.60. The first kappa shape index (κ1) is 27.7. The Morgan fingerprint density at radius 3 is 2.28 bits per heavy atom. The number of primary amides is 1. The van der Waals surface area contributed by atoms with Crippen molar-refractivity contribution < 1.29 is 29.1 Å². The molecular weight excluding hydrogens is 438 g/mol. The highest BCUT2D eigenvalue weighted by Gasteiger charge is 2.34. The van der Waals surface area contributed by atoms with Gasteiger partial charge in [-0.15, -0.1) is 0 Å². The van der Waals surface area contributed by atoms with Crippen molar-refractivity contribution >= 4 is 41.4 Å². The molecule has 0 aliphatic carbocycles. The van der Waals surface area contributed by atoms with E-state index in [4.69, 9.17) is 5.73 Å². The van der Waals surface area contributed by atoms with Gasteiger partial charge in [0.1, 0.15) is 18.1 Å². The zero-order chi connectivity index (χ0) is 24.3. The number of carboxylic acids is 1. The first-order valence-electron chi connectivity index (χ1n) is 10.7. The van der Waals surface area contributed by atoms with Gasteiger partial charge in [0, 0.05) is 0 Å². The maximum atomic E-state index is 13.0. The van der Waals surface area contributed by atoms with E-state index >= 15 is 0 Å². The first-order valence-corrected chi connectivity index (χ1v) is 12.1. The number of amides is 4. The summed E-state index contributed by atoms with van der Waals surface area (Å²) >= 11 is 1.43. The smallest absolute Gasteiger partial charge is 0.326 e. The molecule has 5 unspecified atom stereocenters. The Balaban J connectivity index is 2.93. The molecule has 4 amide bonds. The van der Waals surface area contributed by atoms with E-state index in [1.54, 1.807) is 13.2 Å². The minimum absolute atomic E-state index is 0.180. The van der Waals surface area contributed by atoms with Crippen molar-refractivity contribution in [3.63, 3.8) is 0 Å². The summed E-state index contributed by atoms with van der Waals surface area (Å²) in [7, 11) is 0. The third-order valence-corrected chi connectivity index (χ3v) is 6.08. The SMILES string of the molecule is CCC(C)C(NC(=O)C1CCCN1)C(=O)NC(CC(N)=O)C(=O)NC(CCSC)C(=O)O. The van der Waals surface area contributed by atoms with E-state index < -0.39 is 48.2 Å². The molecule has 1 aliphatic rings. The maximum Gasteiger partial charge on any atom is 0.326 e. The van der Waals surface area contributed by atoms with E-state index in [1.807, 2.05) is 6.92 Å². The predicted molar refractivity (Wildman–Crippen MR) is 121 cm³/mol. The van der Waals surface area contributed by atoms with E-state index in [0.29, 0.717) is 18.6 Å². The lowest BCUT2D eigenvalue weighted by Crippen LogP contribution is -2.59. The first-order chi connectivity index (χ1) is 15.1. The molecule has 5 atom stereocenters. The molecule has 1 heterocycles. The van der Waals surface area contributed by atoms with Crippen molar-refractivity contribution in [2.45, 2.75) is 70.1 Å². The molecule has 0 aromatic heterocycles. The average molecular weight is 474 g/mol. The molecule has 182 valence electrons. The van der Waals surface area contributed by atoms with E-state index in [9.17, 15) is 29.1 Å². The van der Waals surface area contributed by atoms with Crippen LogP contribution >= 0.6 is 11.8 Å². The summed E-state index contributed by atoms with van der Waals surface area (Å²) in [6, 6.07) is -3.83. The van der Waals surface area contributed by atoms with E-state index in [-0.39, 0.29) is 24.3 Å². The van der Waals surface area contributed by atoms with Gasteiger partial charge in [-0.05, 0) is 43.7 Å². The van der Waals surface area contributed by atoms with Crippen LogP contribution in [0.25, 0.3) is 0 Å². The number of hydrogen-bond donors (Lipinski definition) is 6. The second-order valence-corrected chi connectivity index (χ2v) is 8.92. The number of thioether (sulfide) groups is 1. The topological polar surface area (TPSA) is 180 Å². The van der Waals surface area contributed by atoms with Crippen molar-refractivity contribution in [2.75, 3.05) is 18.6 Å². The molecule has 0 aromatic carbocycles. The van der Waals surface area contributed by atoms with Crippen LogP contribution in [0.4, 0.5) is 0 Å². The monoisotopic (exact) mass is 473 g/mol. The van der Waals surface area contributed by atoms with Crippen LogP contribution < -0.4 is 27.0 Å². The molecule has 1 fully saturated rings.